The molecule has 0 radical (unpaired) electrons. The van der Waals surface area contributed by atoms with Crippen LogP contribution in [-0.4, -0.2) is 57.8 Å². The van der Waals surface area contributed by atoms with Gasteiger partial charge in [0.2, 0.25) is 12.6 Å². The molecule has 2 aromatic carbocycles. The number of unbranched alkanes of at least 4 members (excludes halogenated alkanes) is 1. The summed E-state index contributed by atoms with van der Waals surface area (Å²) < 4.78 is 25.1. The minimum atomic E-state index is -1.34. The summed E-state index contributed by atoms with van der Waals surface area (Å²) in [6.07, 6.45) is 2.38. The van der Waals surface area contributed by atoms with E-state index in [1.54, 1.807) is 6.92 Å². The van der Waals surface area contributed by atoms with Crippen LogP contribution in [0.25, 0.3) is 0 Å². The fourth-order valence-corrected chi connectivity index (χ4v) is 5.09. The number of fused-ring (bicyclic) bond motifs is 1. The number of ether oxygens (including phenoxy) is 2. The average Bonchev–Trinajstić information content (AvgIpc) is 3.62. The Morgan fingerprint density at radius 2 is 1.64 bits per heavy atom. The van der Waals surface area contributed by atoms with Gasteiger partial charge < -0.3 is 25.2 Å². The highest BCUT2D eigenvalue weighted by Gasteiger charge is 2.33. The molecule has 42 heavy (non-hydrogen) atoms. The van der Waals surface area contributed by atoms with Crippen molar-refractivity contribution in [2.45, 2.75) is 78.7 Å². The van der Waals surface area contributed by atoms with Crippen molar-refractivity contribution in [1.29, 1.82) is 0 Å². The second-order valence-corrected chi connectivity index (χ2v) is 11.7. The Morgan fingerprint density at radius 1 is 1.02 bits per heavy atom. The summed E-state index contributed by atoms with van der Waals surface area (Å²) in [6.45, 7) is 16.0. The lowest BCUT2D eigenvalue weighted by Crippen LogP contribution is -2.39. The van der Waals surface area contributed by atoms with Crippen molar-refractivity contribution in [1.82, 2.24) is 14.9 Å². The van der Waals surface area contributed by atoms with Crippen molar-refractivity contribution in [2.75, 3.05) is 26.4 Å². The molecule has 0 aromatic heterocycles. The van der Waals surface area contributed by atoms with Gasteiger partial charge in [0.25, 0.3) is 5.91 Å². The van der Waals surface area contributed by atoms with Crippen molar-refractivity contribution < 1.29 is 33.2 Å². The van der Waals surface area contributed by atoms with Crippen molar-refractivity contribution in [3.8, 4) is 11.5 Å². The summed E-state index contributed by atoms with van der Waals surface area (Å²) in [5, 5.41) is 12.7. The number of carboxylic acid groups (broad SMARTS) is 1. The van der Waals surface area contributed by atoms with E-state index in [2.05, 4.69) is 33.0 Å². The molecule has 11 heteroatoms. The van der Waals surface area contributed by atoms with E-state index in [0.29, 0.717) is 5.75 Å². The predicted octanol–water partition coefficient (Wildman–Crippen LogP) is 5.70. The van der Waals surface area contributed by atoms with E-state index in [-0.39, 0.29) is 18.2 Å². The number of amides is 2. The third-order valence-corrected chi connectivity index (χ3v) is 7.66. The molecule has 4 rings (SSSR count). The second kappa shape index (κ2) is 18.9. The summed E-state index contributed by atoms with van der Waals surface area (Å²) in [6, 6.07) is 14.3. The summed E-state index contributed by atoms with van der Waals surface area (Å²) in [5.74, 6) is -0.197. The first-order valence-corrected chi connectivity index (χ1v) is 15.5. The van der Waals surface area contributed by atoms with Crippen molar-refractivity contribution >= 4 is 28.8 Å². The largest absolute Gasteiger partial charge is 0.465 e. The van der Waals surface area contributed by atoms with Crippen LogP contribution >= 0.6 is 0 Å². The topological polar surface area (TPSA) is 134 Å². The molecule has 1 fully saturated rings. The van der Waals surface area contributed by atoms with E-state index >= 15 is 0 Å². The van der Waals surface area contributed by atoms with Crippen LogP contribution in [0.15, 0.2) is 53.4 Å². The van der Waals surface area contributed by atoms with E-state index in [0.717, 1.165) is 35.7 Å². The van der Waals surface area contributed by atoms with E-state index in [1.807, 2.05) is 72.0 Å². The summed E-state index contributed by atoms with van der Waals surface area (Å²) in [4.78, 5) is 33.7. The lowest BCUT2D eigenvalue weighted by atomic mass is 9.93. The number of hydrogen-bond acceptors (Lipinski definition) is 6. The number of nitrogens with one attached hydrogen (secondary N) is 2. The zero-order chi connectivity index (χ0) is 31.7. The van der Waals surface area contributed by atoms with E-state index in [1.165, 1.54) is 12.8 Å². The molecule has 2 atom stereocenters. The van der Waals surface area contributed by atoms with Crippen LogP contribution in [0.2, 0.25) is 0 Å². The molecule has 0 aliphatic carbocycles. The van der Waals surface area contributed by atoms with E-state index in [9.17, 15) is 18.6 Å². The van der Waals surface area contributed by atoms with Crippen LogP contribution in [0.3, 0.4) is 0 Å². The van der Waals surface area contributed by atoms with Crippen molar-refractivity contribution in [3.63, 3.8) is 0 Å². The normalized spacial score (nSPS) is 15.7. The Bertz CT molecular complexity index is 1160. The maximum atomic E-state index is 12.5. The summed E-state index contributed by atoms with van der Waals surface area (Å²) >= 11 is 0. The maximum Gasteiger partial charge on any atom is 0.405 e. The Hall–Kier alpha value is -3.44. The molecule has 3 N–H and O–H groups in total. The Morgan fingerprint density at radius 3 is 2.19 bits per heavy atom. The summed E-state index contributed by atoms with van der Waals surface area (Å²) in [7, 11) is -1.10. The van der Waals surface area contributed by atoms with Gasteiger partial charge in [0.05, 0.1) is 17.5 Å². The number of carbonyl (C=O) groups excluding carboxylic acids is 2. The number of benzene rings is 2. The molecule has 0 spiro atoms. The first-order valence-electron chi connectivity index (χ1n) is 14.4. The zero-order valence-electron chi connectivity index (χ0n) is 25.9. The molecule has 2 aromatic rings. The quantitative estimate of drug-likeness (QED) is 0.329. The molecule has 10 nitrogen and oxygen atoms in total. The molecule has 0 saturated carbocycles. The Balaban J connectivity index is 0.000000354. The number of carbonyl (C=O) groups is 3. The highest BCUT2D eigenvalue weighted by molar-refractivity contribution is 7.82. The maximum absolute atomic E-state index is 12.5. The first kappa shape index (κ1) is 36.6. The monoisotopic (exact) mass is 605 g/mol. The number of rotatable bonds is 8. The smallest absolute Gasteiger partial charge is 0.405 e. The molecule has 1 saturated heterocycles. The van der Waals surface area contributed by atoms with Gasteiger partial charge in [-0.15, -0.1) is 0 Å². The number of Topliss-reactive ketones (excluding diaryl/α,β-unsaturated/α-hetero) is 1. The molecule has 2 aliphatic rings. The van der Waals surface area contributed by atoms with Crippen LogP contribution in [0.4, 0.5) is 4.79 Å². The lowest BCUT2D eigenvalue weighted by Gasteiger charge is -2.18. The molecule has 2 unspecified atom stereocenters. The lowest BCUT2D eigenvalue weighted by molar-refractivity contribution is -0.137. The summed E-state index contributed by atoms with van der Waals surface area (Å²) in [5.41, 5.74) is 1.12. The van der Waals surface area contributed by atoms with Crippen LogP contribution in [0.1, 0.15) is 79.3 Å². The Kier molecular flexibility index (Phi) is 16.5. The molecule has 2 aliphatic heterocycles. The minimum absolute atomic E-state index is 0.252. The molecular weight excluding hydrogens is 558 g/mol. The third-order valence-electron chi connectivity index (χ3n) is 6.22. The van der Waals surface area contributed by atoms with Gasteiger partial charge in [-0.25, -0.2) is 13.3 Å². The van der Waals surface area contributed by atoms with Crippen LogP contribution < -0.4 is 20.1 Å². The van der Waals surface area contributed by atoms with Crippen molar-refractivity contribution in [3.05, 3.63) is 54.1 Å². The molecule has 2 heterocycles. The molecule has 2 amide bonds. The van der Waals surface area contributed by atoms with E-state index < -0.39 is 35.3 Å². The number of hydrogen-bond donors (Lipinski definition) is 3. The Labute approximate surface area is 252 Å². The standard InChI is InChI=1S/C13H17NO3S.C12H14N2O4.C4H10.C2H6/c1-13(2)5-6-14(8-13)18(15)10-3-4-11-12(7-10)17-9-16-11;1-8(9-5-3-2-4-6-9)14-11(16)10(15)7-13-12(17)18;1-3-4-2;1-2/h3-4,7H,5-6,8-9H2,1-2H3;2-6,8,13H,7H2,1H3,(H,14,16)(H,17,18);3-4H2,1-2H3;1-2H3. The zero-order valence-corrected chi connectivity index (χ0v) is 26.7. The highest BCUT2D eigenvalue weighted by Crippen LogP contribution is 2.36. The predicted molar refractivity (Wildman–Crippen MR) is 165 cm³/mol. The average molecular weight is 606 g/mol. The highest BCUT2D eigenvalue weighted by atomic mass is 32.2. The van der Waals surface area contributed by atoms with Gasteiger partial charge in [-0.1, -0.05) is 84.7 Å². The third kappa shape index (κ3) is 12.6. The number of nitrogens with zero attached hydrogens (tertiary/aromatic N) is 1. The fraction of sp³-hybridized carbons (Fsp3) is 0.516. The number of ketones is 1. The minimum Gasteiger partial charge on any atom is -0.465 e. The van der Waals surface area contributed by atoms with Gasteiger partial charge in [0.15, 0.2) is 11.5 Å². The fourth-order valence-electron chi connectivity index (χ4n) is 3.68. The van der Waals surface area contributed by atoms with Gasteiger partial charge in [0, 0.05) is 19.2 Å². The van der Waals surface area contributed by atoms with Gasteiger partial charge in [-0.05, 0) is 36.5 Å². The van der Waals surface area contributed by atoms with Gasteiger partial charge in [-0.2, -0.15) is 0 Å². The van der Waals surface area contributed by atoms with Crippen LogP contribution in [-0.2, 0) is 20.6 Å². The first-order chi connectivity index (χ1) is 20.0. The molecule has 0 bridgehead atoms. The van der Waals surface area contributed by atoms with Gasteiger partial charge in [0.1, 0.15) is 11.0 Å². The van der Waals surface area contributed by atoms with Crippen molar-refractivity contribution in [2.24, 2.45) is 5.41 Å². The molecular formula is C31H47N3O7S. The van der Waals surface area contributed by atoms with Crippen LogP contribution in [0.5, 0.6) is 11.5 Å². The second-order valence-electron chi connectivity index (χ2n) is 10.2. The molecule has 234 valence electrons. The van der Waals surface area contributed by atoms with Gasteiger partial charge in [-0.3, -0.25) is 9.59 Å². The van der Waals surface area contributed by atoms with E-state index in [4.69, 9.17) is 14.6 Å². The SMILES string of the molecule is CC.CC(NC(=O)C(=O)CNC(=O)O)c1ccccc1.CC1(C)CCN(S(=O)c2ccc3c(c2)OCO3)C1.CCCC. The van der Waals surface area contributed by atoms with Crippen LogP contribution in [0, 0.1) is 5.41 Å². The van der Waals surface area contributed by atoms with Gasteiger partial charge >= 0.3 is 6.09 Å².